The van der Waals surface area contributed by atoms with Gasteiger partial charge in [-0.3, -0.25) is 4.68 Å². The van der Waals surface area contributed by atoms with E-state index < -0.39 is 0 Å². The lowest BCUT2D eigenvalue weighted by molar-refractivity contribution is 0.605. The molecule has 0 saturated heterocycles. The first-order valence-corrected chi connectivity index (χ1v) is 7.13. The molecule has 0 saturated carbocycles. The molecule has 108 valence electrons. The Kier molecular flexibility index (Phi) is 5.18. The highest BCUT2D eigenvalue weighted by Gasteiger charge is 2.02. The average Bonchev–Trinajstić information content (AvgIpc) is 2.77. The fourth-order valence-electron chi connectivity index (χ4n) is 2.30. The van der Waals surface area contributed by atoms with Crippen molar-refractivity contribution in [1.82, 2.24) is 15.1 Å². The topological polar surface area (TPSA) is 33.1 Å². The molecule has 0 aliphatic rings. The largest absolute Gasteiger partial charge is 0.375 e. The van der Waals surface area contributed by atoms with Crippen LogP contribution < -0.4 is 10.2 Å². The third kappa shape index (κ3) is 4.10. The van der Waals surface area contributed by atoms with Crippen LogP contribution in [0.4, 0.5) is 5.69 Å². The standard InChI is InChI=1S/C16H24N4/c1-14-12-16(20(3)18-14)13-17-10-7-11-19(2)15-8-5-4-6-9-15/h4-6,8-9,12,17H,7,10-11,13H2,1-3H3. The van der Waals surface area contributed by atoms with Crippen molar-refractivity contribution in [3.8, 4) is 0 Å². The molecular weight excluding hydrogens is 248 g/mol. The normalized spacial score (nSPS) is 10.8. The Balaban J connectivity index is 1.66. The van der Waals surface area contributed by atoms with Gasteiger partial charge >= 0.3 is 0 Å². The molecule has 1 aromatic heterocycles. The molecule has 0 bridgehead atoms. The molecule has 0 aliphatic carbocycles. The van der Waals surface area contributed by atoms with E-state index in [1.165, 1.54) is 11.4 Å². The summed E-state index contributed by atoms with van der Waals surface area (Å²) in [4.78, 5) is 2.29. The second-order valence-corrected chi connectivity index (χ2v) is 5.19. The third-order valence-electron chi connectivity index (χ3n) is 3.45. The first-order valence-electron chi connectivity index (χ1n) is 7.13. The fraction of sp³-hybridized carbons (Fsp3) is 0.438. The van der Waals surface area contributed by atoms with Gasteiger partial charge in [-0.1, -0.05) is 18.2 Å². The van der Waals surface area contributed by atoms with Crippen molar-refractivity contribution < 1.29 is 0 Å². The Morgan fingerprint density at radius 3 is 2.65 bits per heavy atom. The number of aromatic nitrogens is 2. The number of rotatable bonds is 7. The van der Waals surface area contributed by atoms with Gasteiger partial charge in [-0.2, -0.15) is 5.10 Å². The van der Waals surface area contributed by atoms with Crippen LogP contribution in [-0.4, -0.2) is 29.9 Å². The minimum absolute atomic E-state index is 0.881. The van der Waals surface area contributed by atoms with E-state index in [-0.39, 0.29) is 0 Å². The maximum atomic E-state index is 4.35. The number of para-hydroxylation sites is 1. The van der Waals surface area contributed by atoms with Gasteiger partial charge in [0.2, 0.25) is 0 Å². The molecule has 2 rings (SSSR count). The zero-order valence-electron chi connectivity index (χ0n) is 12.6. The van der Waals surface area contributed by atoms with Gasteiger partial charge in [-0.05, 0) is 38.1 Å². The second kappa shape index (κ2) is 7.10. The molecule has 4 nitrogen and oxygen atoms in total. The lowest BCUT2D eigenvalue weighted by Crippen LogP contribution is -2.24. The summed E-state index contributed by atoms with van der Waals surface area (Å²) in [6.45, 7) is 4.98. The summed E-state index contributed by atoms with van der Waals surface area (Å²) < 4.78 is 1.94. The molecule has 2 aromatic rings. The monoisotopic (exact) mass is 272 g/mol. The van der Waals surface area contributed by atoms with Crippen LogP contribution in [0.3, 0.4) is 0 Å². The van der Waals surface area contributed by atoms with Gasteiger partial charge in [0.05, 0.1) is 11.4 Å². The smallest absolute Gasteiger partial charge is 0.0597 e. The first-order chi connectivity index (χ1) is 9.66. The van der Waals surface area contributed by atoms with Crippen LogP contribution in [0.2, 0.25) is 0 Å². The number of hydrogen-bond donors (Lipinski definition) is 1. The number of hydrogen-bond acceptors (Lipinski definition) is 3. The van der Waals surface area contributed by atoms with Crippen LogP contribution in [-0.2, 0) is 13.6 Å². The molecule has 0 fully saturated rings. The van der Waals surface area contributed by atoms with E-state index >= 15 is 0 Å². The van der Waals surface area contributed by atoms with Gasteiger partial charge in [-0.15, -0.1) is 0 Å². The Morgan fingerprint density at radius 1 is 1.25 bits per heavy atom. The highest BCUT2D eigenvalue weighted by Crippen LogP contribution is 2.10. The molecule has 1 N–H and O–H groups in total. The predicted octanol–water partition coefficient (Wildman–Crippen LogP) is 2.34. The van der Waals surface area contributed by atoms with Crippen LogP contribution in [0, 0.1) is 6.92 Å². The SMILES string of the molecule is Cc1cc(CNCCCN(C)c2ccccc2)n(C)n1. The van der Waals surface area contributed by atoms with Crippen molar-refractivity contribution in [3.63, 3.8) is 0 Å². The van der Waals surface area contributed by atoms with Crippen molar-refractivity contribution >= 4 is 5.69 Å². The second-order valence-electron chi connectivity index (χ2n) is 5.19. The Bertz CT molecular complexity index is 519. The molecule has 0 aliphatic heterocycles. The highest BCUT2D eigenvalue weighted by atomic mass is 15.3. The van der Waals surface area contributed by atoms with Crippen LogP contribution in [0.25, 0.3) is 0 Å². The number of aryl methyl sites for hydroxylation is 2. The number of benzene rings is 1. The van der Waals surface area contributed by atoms with Crippen LogP contribution in [0.15, 0.2) is 36.4 Å². The van der Waals surface area contributed by atoms with E-state index in [1.807, 2.05) is 18.7 Å². The van der Waals surface area contributed by atoms with Crippen LogP contribution in [0.1, 0.15) is 17.8 Å². The van der Waals surface area contributed by atoms with Gasteiger partial charge in [0.1, 0.15) is 0 Å². The van der Waals surface area contributed by atoms with Gasteiger partial charge in [-0.25, -0.2) is 0 Å². The summed E-state index contributed by atoms with van der Waals surface area (Å²) in [6.07, 6.45) is 1.13. The van der Waals surface area contributed by atoms with E-state index in [2.05, 4.69) is 58.8 Å². The highest BCUT2D eigenvalue weighted by molar-refractivity contribution is 5.44. The zero-order chi connectivity index (χ0) is 14.4. The number of nitrogens with zero attached hydrogens (tertiary/aromatic N) is 3. The molecular formula is C16H24N4. The summed E-state index contributed by atoms with van der Waals surface area (Å²) in [5.74, 6) is 0. The van der Waals surface area contributed by atoms with E-state index in [1.54, 1.807) is 0 Å². The molecule has 4 heteroatoms. The molecule has 0 unspecified atom stereocenters. The maximum Gasteiger partial charge on any atom is 0.0597 e. The number of anilines is 1. The molecule has 0 amide bonds. The summed E-state index contributed by atoms with van der Waals surface area (Å²) >= 11 is 0. The summed E-state index contributed by atoms with van der Waals surface area (Å²) in [6, 6.07) is 12.6. The molecule has 1 aromatic carbocycles. The summed E-state index contributed by atoms with van der Waals surface area (Å²) in [5, 5.41) is 7.82. The molecule has 0 radical (unpaired) electrons. The van der Waals surface area contributed by atoms with Gasteiger partial charge in [0.25, 0.3) is 0 Å². The van der Waals surface area contributed by atoms with Crippen LogP contribution in [0.5, 0.6) is 0 Å². The summed E-state index contributed by atoms with van der Waals surface area (Å²) in [5.41, 5.74) is 3.58. The van der Waals surface area contributed by atoms with E-state index in [9.17, 15) is 0 Å². The minimum atomic E-state index is 0.881. The predicted molar refractivity (Wildman–Crippen MR) is 84.0 cm³/mol. The van der Waals surface area contributed by atoms with Crippen molar-refractivity contribution in [1.29, 1.82) is 0 Å². The van der Waals surface area contributed by atoms with E-state index in [4.69, 9.17) is 0 Å². The van der Waals surface area contributed by atoms with Crippen molar-refractivity contribution in [2.24, 2.45) is 7.05 Å². The number of nitrogens with one attached hydrogen (secondary N) is 1. The maximum absolute atomic E-state index is 4.35. The van der Waals surface area contributed by atoms with E-state index in [0.29, 0.717) is 0 Å². The van der Waals surface area contributed by atoms with Crippen LogP contribution >= 0.6 is 0 Å². The van der Waals surface area contributed by atoms with Gasteiger partial charge < -0.3 is 10.2 Å². The van der Waals surface area contributed by atoms with Crippen molar-refractivity contribution in [2.45, 2.75) is 19.9 Å². The lowest BCUT2D eigenvalue weighted by Gasteiger charge is -2.19. The quantitative estimate of drug-likeness (QED) is 0.785. The first kappa shape index (κ1) is 14.6. The molecule has 0 atom stereocenters. The zero-order valence-corrected chi connectivity index (χ0v) is 12.6. The molecule has 0 spiro atoms. The van der Waals surface area contributed by atoms with E-state index in [0.717, 1.165) is 31.7 Å². The molecule has 1 heterocycles. The van der Waals surface area contributed by atoms with Crippen molar-refractivity contribution in [2.75, 3.05) is 25.0 Å². The third-order valence-corrected chi connectivity index (χ3v) is 3.45. The van der Waals surface area contributed by atoms with Crippen molar-refractivity contribution in [3.05, 3.63) is 47.8 Å². The lowest BCUT2D eigenvalue weighted by atomic mass is 10.3. The minimum Gasteiger partial charge on any atom is -0.375 e. The van der Waals surface area contributed by atoms with Gasteiger partial charge in [0, 0.05) is 32.9 Å². The Morgan fingerprint density at radius 2 is 2.00 bits per heavy atom. The average molecular weight is 272 g/mol. The Labute approximate surface area is 121 Å². The molecule has 20 heavy (non-hydrogen) atoms. The Hall–Kier alpha value is -1.81. The van der Waals surface area contributed by atoms with Gasteiger partial charge in [0.15, 0.2) is 0 Å². The fourth-order valence-corrected chi connectivity index (χ4v) is 2.30. The summed E-state index contributed by atoms with van der Waals surface area (Å²) in [7, 11) is 4.13.